The summed E-state index contributed by atoms with van der Waals surface area (Å²) < 4.78 is 9.56. The maximum absolute atomic E-state index is 13.1. The number of ether oxygens (including phenoxy) is 2. The Hall–Kier alpha value is -4.34. The van der Waals surface area contributed by atoms with E-state index in [0.717, 1.165) is 24.2 Å². The molecule has 1 aliphatic heterocycles. The number of benzene rings is 1. The zero-order valence-corrected chi connectivity index (χ0v) is 19.4. The summed E-state index contributed by atoms with van der Waals surface area (Å²) in [5.41, 5.74) is 2.22. The molecule has 1 unspecified atom stereocenters. The van der Waals surface area contributed by atoms with Gasteiger partial charge in [-0.3, -0.25) is 9.78 Å². The molecular formula is C25H25N5O5. The number of hydrogen-bond acceptors (Lipinski definition) is 9. The predicted octanol–water partition coefficient (Wildman–Crippen LogP) is 2.97. The summed E-state index contributed by atoms with van der Waals surface area (Å²) in [4.78, 5) is 43.3. The fourth-order valence-corrected chi connectivity index (χ4v) is 3.98. The number of nitrogens with one attached hydrogen (secondary N) is 1. The highest BCUT2D eigenvalue weighted by Crippen LogP contribution is 2.26. The summed E-state index contributed by atoms with van der Waals surface area (Å²) in [6, 6.07) is 11.8. The third-order valence-electron chi connectivity index (χ3n) is 5.85. The second-order valence-corrected chi connectivity index (χ2v) is 8.03. The van der Waals surface area contributed by atoms with Gasteiger partial charge in [0.2, 0.25) is 5.91 Å². The van der Waals surface area contributed by atoms with Crippen LogP contribution in [0.3, 0.4) is 0 Å². The lowest BCUT2D eigenvalue weighted by atomic mass is 9.96. The minimum atomic E-state index is -0.619. The summed E-state index contributed by atoms with van der Waals surface area (Å²) in [5.74, 6) is -1.12. The van der Waals surface area contributed by atoms with Gasteiger partial charge in [-0.05, 0) is 55.3 Å². The fourth-order valence-electron chi connectivity index (χ4n) is 3.98. The molecule has 0 radical (unpaired) electrons. The van der Waals surface area contributed by atoms with E-state index in [9.17, 15) is 14.4 Å². The number of hydrogen-bond donors (Lipinski definition) is 1. The van der Waals surface area contributed by atoms with E-state index in [1.807, 2.05) is 29.2 Å². The van der Waals surface area contributed by atoms with E-state index in [1.54, 1.807) is 12.4 Å². The first-order valence-electron chi connectivity index (χ1n) is 11.1. The number of anilines is 2. The summed E-state index contributed by atoms with van der Waals surface area (Å²) in [6.07, 6.45) is 4.86. The highest BCUT2D eigenvalue weighted by molar-refractivity contribution is 6.04. The Morgan fingerprint density at radius 3 is 2.43 bits per heavy atom. The van der Waals surface area contributed by atoms with Crippen LogP contribution in [0.5, 0.6) is 0 Å². The molecule has 2 aromatic heterocycles. The molecule has 0 aliphatic carbocycles. The van der Waals surface area contributed by atoms with E-state index in [4.69, 9.17) is 9.47 Å². The Morgan fingerprint density at radius 1 is 0.971 bits per heavy atom. The molecule has 1 fully saturated rings. The molecule has 0 spiro atoms. The molecule has 4 rings (SSSR count). The largest absolute Gasteiger partial charge is 0.465 e. The third kappa shape index (κ3) is 5.43. The SMILES string of the molecule is COC(=O)c1ccc(C(=O)OC)c(NC(=O)C2CCCN(c3ccc(-c4ccncc4)nn3)C2)c1. The maximum atomic E-state index is 13.1. The molecule has 180 valence electrons. The minimum Gasteiger partial charge on any atom is -0.465 e. The molecule has 1 atom stereocenters. The Morgan fingerprint density at radius 2 is 1.74 bits per heavy atom. The standard InChI is InChI=1S/C25H25N5O5/c1-34-24(32)17-5-6-19(25(33)35-2)21(14-17)27-23(31)18-4-3-13-30(15-18)22-8-7-20(28-29-22)16-9-11-26-12-10-16/h5-12,14,18H,3-4,13,15H2,1-2H3,(H,27,31). The number of pyridine rings is 1. The van der Waals surface area contributed by atoms with E-state index in [-0.39, 0.29) is 28.6 Å². The van der Waals surface area contributed by atoms with Crippen LogP contribution in [0.15, 0.2) is 54.9 Å². The highest BCUT2D eigenvalue weighted by atomic mass is 16.5. The summed E-state index contributed by atoms with van der Waals surface area (Å²) in [6.45, 7) is 1.19. The highest BCUT2D eigenvalue weighted by Gasteiger charge is 2.28. The van der Waals surface area contributed by atoms with Gasteiger partial charge in [-0.15, -0.1) is 10.2 Å². The molecule has 3 aromatic rings. The third-order valence-corrected chi connectivity index (χ3v) is 5.85. The van der Waals surface area contributed by atoms with Crippen LogP contribution in [-0.4, -0.2) is 60.3 Å². The molecule has 3 heterocycles. The number of piperidine rings is 1. The van der Waals surface area contributed by atoms with Crippen molar-refractivity contribution in [2.75, 3.05) is 37.5 Å². The number of methoxy groups -OCH3 is 2. The van der Waals surface area contributed by atoms with Gasteiger partial charge in [0.15, 0.2) is 5.82 Å². The lowest BCUT2D eigenvalue weighted by Gasteiger charge is -2.32. The Bertz CT molecular complexity index is 1220. The molecule has 35 heavy (non-hydrogen) atoms. The van der Waals surface area contributed by atoms with Gasteiger partial charge in [-0.1, -0.05) is 0 Å². The van der Waals surface area contributed by atoms with Gasteiger partial charge in [-0.2, -0.15) is 0 Å². The molecule has 10 heteroatoms. The van der Waals surface area contributed by atoms with Crippen LogP contribution >= 0.6 is 0 Å². The number of carbonyl (C=O) groups excluding carboxylic acids is 3. The minimum absolute atomic E-state index is 0.152. The molecule has 0 bridgehead atoms. The van der Waals surface area contributed by atoms with Crippen molar-refractivity contribution in [2.45, 2.75) is 12.8 Å². The van der Waals surface area contributed by atoms with Crippen molar-refractivity contribution in [3.63, 3.8) is 0 Å². The molecule has 1 saturated heterocycles. The van der Waals surface area contributed by atoms with Crippen LogP contribution in [-0.2, 0) is 14.3 Å². The normalized spacial score (nSPS) is 15.3. The van der Waals surface area contributed by atoms with Crippen molar-refractivity contribution >= 4 is 29.4 Å². The Labute approximate surface area is 202 Å². The van der Waals surface area contributed by atoms with Gasteiger partial charge in [0, 0.05) is 31.0 Å². The van der Waals surface area contributed by atoms with Crippen LogP contribution in [0, 0.1) is 5.92 Å². The zero-order valence-electron chi connectivity index (χ0n) is 19.4. The number of amides is 1. The smallest absolute Gasteiger partial charge is 0.339 e. The molecular weight excluding hydrogens is 450 g/mol. The summed E-state index contributed by atoms with van der Waals surface area (Å²) in [7, 11) is 2.51. The summed E-state index contributed by atoms with van der Waals surface area (Å²) >= 11 is 0. The fraction of sp³-hybridized carbons (Fsp3) is 0.280. The first-order chi connectivity index (χ1) is 17.0. The zero-order chi connectivity index (χ0) is 24.8. The van der Waals surface area contributed by atoms with Crippen LogP contribution in [0.2, 0.25) is 0 Å². The molecule has 1 N–H and O–H groups in total. The Balaban J connectivity index is 1.49. The average Bonchev–Trinajstić information content (AvgIpc) is 2.92. The van der Waals surface area contributed by atoms with E-state index >= 15 is 0 Å². The van der Waals surface area contributed by atoms with Crippen molar-refractivity contribution in [1.82, 2.24) is 15.2 Å². The Kier molecular flexibility index (Phi) is 7.30. The number of esters is 2. The van der Waals surface area contributed by atoms with Crippen LogP contribution < -0.4 is 10.2 Å². The van der Waals surface area contributed by atoms with Crippen LogP contribution in [0.25, 0.3) is 11.3 Å². The molecule has 1 aliphatic rings. The average molecular weight is 476 g/mol. The van der Waals surface area contributed by atoms with Crippen LogP contribution in [0.4, 0.5) is 11.5 Å². The van der Waals surface area contributed by atoms with Crippen molar-refractivity contribution < 1.29 is 23.9 Å². The number of carbonyl (C=O) groups is 3. The van der Waals surface area contributed by atoms with E-state index in [2.05, 4.69) is 20.5 Å². The molecule has 1 aromatic carbocycles. The van der Waals surface area contributed by atoms with Gasteiger partial charge >= 0.3 is 11.9 Å². The van der Waals surface area contributed by atoms with Gasteiger partial charge in [-0.25, -0.2) is 9.59 Å². The molecule has 1 amide bonds. The van der Waals surface area contributed by atoms with Crippen molar-refractivity contribution in [3.05, 3.63) is 66.0 Å². The quantitative estimate of drug-likeness (QED) is 0.536. The number of aromatic nitrogens is 3. The van der Waals surface area contributed by atoms with Crippen molar-refractivity contribution in [2.24, 2.45) is 5.92 Å². The molecule has 0 saturated carbocycles. The molecule has 10 nitrogen and oxygen atoms in total. The van der Waals surface area contributed by atoms with E-state index in [1.165, 1.54) is 32.4 Å². The topological polar surface area (TPSA) is 124 Å². The van der Waals surface area contributed by atoms with Gasteiger partial charge in [0.1, 0.15) is 0 Å². The van der Waals surface area contributed by atoms with Gasteiger partial charge in [0.25, 0.3) is 0 Å². The monoisotopic (exact) mass is 475 g/mol. The van der Waals surface area contributed by atoms with E-state index < -0.39 is 11.9 Å². The predicted molar refractivity (Wildman–Crippen MR) is 128 cm³/mol. The van der Waals surface area contributed by atoms with Crippen molar-refractivity contribution in [1.29, 1.82) is 0 Å². The maximum Gasteiger partial charge on any atom is 0.339 e. The lowest BCUT2D eigenvalue weighted by molar-refractivity contribution is -0.120. The van der Waals surface area contributed by atoms with Gasteiger partial charge in [0.05, 0.1) is 42.6 Å². The second kappa shape index (κ2) is 10.7. The first kappa shape index (κ1) is 23.8. The first-order valence-corrected chi connectivity index (χ1v) is 11.1. The number of rotatable bonds is 6. The summed E-state index contributed by atoms with van der Waals surface area (Å²) in [5, 5.41) is 11.5. The van der Waals surface area contributed by atoms with E-state index in [0.29, 0.717) is 18.8 Å². The van der Waals surface area contributed by atoms with Gasteiger partial charge < -0.3 is 19.7 Å². The number of nitrogens with zero attached hydrogens (tertiary/aromatic N) is 4. The van der Waals surface area contributed by atoms with Crippen molar-refractivity contribution in [3.8, 4) is 11.3 Å². The lowest BCUT2D eigenvalue weighted by Crippen LogP contribution is -2.41. The second-order valence-electron chi connectivity index (χ2n) is 8.03. The van der Waals surface area contributed by atoms with Crippen LogP contribution in [0.1, 0.15) is 33.6 Å².